The van der Waals surface area contributed by atoms with E-state index in [0.29, 0.717) is 30.3 Å². The Bertz CT molecular complexity index is 355. The summed E-state index contributed by atoms with van der Waals surface area (Å²) < 4.78 is 0. The highest BCUT2D eigenvalue weighted by Gasteiger charge is 2.35. The standard InChI is InChI=1S/C18H32O2/c1-17(2,3)10-9-15(19)12-13-7-8-14(11-13)16(20)18(4,5)6/h13-14H,7-12H2,1-6H3. The van der Waals surface area contributed by atoms with Crippen LogP contribution in [-0.2, 0) is 9.59 Å². The molecule has 1 aliphatic carbocycles. The maximum Gasteiger partial charge on any atom is 0.141 e. The van der Waals surface area contributed by atoms with E-state index >= 15 is 0 Å². The minimum atomic E-state index is -0.240. The zero-order valence-corrected chi connectivity index (χ0v) is 14.2. The topological polar surface area (TPSA) is 34.1 Å². The first-order valence-electron chi connectivity index (χ1n) is 8.05. The van der Waals surface area contributed by atoms with E-state index in [2.05, 4.69) is 20.8 Å². The van der Waals surface area contributed by atoms with Crippen LogP contribution in [0.15, 0.2) is 0 Å². The summed E-state index contributed by atoms with van der Waals surface area (Å²) in [4.78, 5) is 24.3. The second-order valence-electron chi connectivity index (χ2n) is 8.79. The highest BCUT2D eigenvalue weighted by Crippen LogP contribution is 2.38. The van der Waals surface area contributed by atoms with Gasteiger partial charge < -0.3 is 0 Å². The average Bonchev–Trinajstić information content (AvgIpc) is 2.71. The zero-order valence-electron chi connectivity index (χ0n) is 14.2. The summed E-state index contributed by atoms with van der Waals surface area (Å²) >= 11 is 0. The first kappa shape index (κ1) is 17.4. The second-order valence-corrected chi connectivity index (χ2v) is 8.79. The Kier molecular flexibility index (Phi) is 5.57. The van der Waals surface area contributed by atoms with Crippen LogP contribution in [0, 0.1) is 22.7 Å². The third kappa shape index (κ3) is 5.76. The van der Waals surface area contributed by atoms with Crippen LogP contribution in [0.3, 0.4) is 0 Å². The van der Waals surface area contributed by atoms with Gasteiger partial charge >= 0.3 is 0 Å². The molecule has 0 N–H and O–H groups in total. The van der Waals surface area contributed by atoms with Crippen molar-refractivity contribution in [3.63, 3.8) is 0 Å². The summed E-state index contributed by atoms with van der Waals surface area (Å²) in [7, 11) is 0. The molecule has 1 fully saturated rings. The minimum Gasteiger partial charge on any atom is -0.300 e. The van der Waals surface area contributed by atoms with Gasteiger partial charge in [-0.25, -0.2) is 0 Å². The van der Waals surface area contributed by atoms with Gasteiger partial charge in [-0.1, -0.05) is 41.5 Å². The molecule has 2 atom stereocenters. The van der Waals surface area contributed by atoms with Crippen LogP contribution in [0.1, 0.15) is 80.1 Å². The van der Waals surface area contributed by atoms with Gasteiger partial charge in [-0.2, -0.15) is 0 Å². The smallest absolute Gasteiger partial charge is 0.141 e. The molecule has 0 aromatic heterocycles. The molecule has 0 aromatic rings. The lowest BCUT2D eigenvalue weighted by Gasteiger charge is -2.21. The first-order chi connectivity index (χ1) is 8.99. The molecule has 1 saturated carbocycles. The number of rotatable bonds is 5. The molecule has 0 spiro atoms. The molecule has 0 bridgehead atoms. The number of hydrogen-bond acceptors (Lipinski definition) is 2. The van der Waals surface area contributed by atoms with Crippen molar-refractivity contribution >= 4 is 11.6 Å². The normalized spacial score (nSPS) is 23.9. The third-order valence-electron chi connectivity index (χ3n) is 4.32. The average molecular weight is 280 g/mol. The Morgan fingerprint density at radius 1 is 1.00 bits per heavy atom. The van der Waals surface area contributed by atoms with Gasteiger partial charge in [0.25, 0.3) is 0 Å². The molecule has 2 heteroatoms. The fourth-order valence-corrected chi connectivity index (χ4v) is 3.05. The van der Waals surface area contributed by atoms with Gasteiger partial charge in [0.1, 0.15) is 11.6 Å². The van der Waals surface area contributed by atoms with E-state index in [1.165, 1.54) is 0 Å². The van der Waals surface area contributed by atoms with Gasteiger partial charge in [0.2, 0.25) is 0 Å². The van der Waals surface area contributed by atoms with Crippen molar-refractivity contribution in [2.24, 2.45) is 22.7 Å². The van der Waals surface area contributed by atoms with Crippen LogP contribution in [-0.4, -0.2) is 11.6 Å². The molecule has 2 unspecified atom stereocenters. The van der Waals surface area contributed by atoms with Crippen molar-refractivity contribution in [1.82, 2.24) is 0 Å². The van der Waals surface area contributed by atoms with Crippen LogP contribution in [0.4, 0.5) is 0 Å². The van der Waals surface area contributed by atoms with E-state index in [4.69, 9.17) is 0 Å². The van der Waals surface area contributed by atoms with Crippen LogP contribution in [0.25, 0.3) is 0 Å². The number of hydrogen-bond donors (Lipinski definition) is 0. The summed E-state index contributed by atoms with van der Waals surface area (Å²) in [5.41, 5.74) is -0.00806. The van der Waals surface area contributed by atoms with E-state index in [1.807, 2.05) is 20.8 Å². The number of Topliss-reactive ketones (excluding diaryl/α,β-unsaturated/α-hetero) is 2. The minimum absolute atomic E-state index is 0.190. The van der Waals surface area contributed by atoms with Gasteiger partial charge in [-0.05, 0) is 37.0 Å². The van der Waals surface area contributed by atoms with Crippen LogP contribution < -0.4 is 0 Å². The van der Waals surface area contributed by atoms with Gasteiger partial charge in [0, 0.05) is 24.2 Å². The Balaban J connectivity index is 2.38. The summed E-state index contributed by atoms with van der Waals surface area (Å²) in [5.74, 6) is 1.39. The number of ketones is 2. The SMILES string of the molecule is CC(C)(C)CCC(=O)CC1CCC(C(=O)C(C)(C)C)C1. The van der Waals surface area contributed by atoms with Crippen LogP contribution >= 0.6 is 0 Å². The molecular weight excluding hydrogens is 248 g/mol. The number of carbonyl (C=O) groups is 2. The molecule has 20 heavy (non-hydrogen) atoms. The molecule has 116 valence electrons. The van der Waals surface area contributed by atoms with Gasteiger partial charge in [-0.3, -0.25) is 9.59 Å². The lowest BCUT2D eigenvalue weighted by atomic mass is 9.81. The van der Waals surface area contributed by atoms with E-state index in [1.54, 1.807) is 0 Å². The largest absolute Gasteiger partial charge is 0.300 e. The highest BCUT2D eigenvalue weighted by atomic mass is 16.1. The maximum atomic E-state index is 12.3. The summed E-state index contributed by atoms with van der Waals surface area (Å²) in [6.45, 7) is 12.5. The zero-order chi connectivity index (χ0) is 15.6. The summed E-state index contributed by atoms with van der Waals surface area (Å²) in [6, 6.07) is 0. The molecule has 0 heterocycles. The molecule has 1 aliphatic rings. The summed E-state index contributed by atoms with van der Waals surface area (Å²) in [6.07, 6.45) is 5.29. The molecular formula is C18H32O2. The Hall–Kier alpha value is -0.660. The third-order valence-corrected chi connectivity index (χ3v) is 4.32. The molecule has 0 aromatic carbocycles. The van der Waals surface area contributed by atoms with Crippen molar-refractivity contribution < 1.29 is 9.59 Å². The van der Waals surface area contributed by atoms with Gasteiger partial charge in [0.15, 0.2) is 0 Å². The van der Waals surface area contributed by atoms with E-state index < -0.39 is 0 Å². The van der Waals surface area contributed by atoms with Crippen molar-refractivity contribution in [3.05, 3.63) is 0 Å². The second kappa shape index (κ2) is 6.41. The lowest BCUT2D eigenvalue weighted by Crippen LogP contribution is -2.27. The Morgan fingerprint density at radius 3 is 2.10 bits per heavy atom. The van der Waals surface area contributed by atoms with E-state index in [0.717, 1.165) is 25.7 Å². The van der Waals surface area contributed by atoms with E-state index in [-0.39, 0.29) is 16.7 Å². The fraction of sp³-hybridized carbons (Fsp3) is 0.889. The lowest BCUT2D eigenvalue weighted by molar-refractivity contribution is -0.130. The van der Waals surface area contributed by atoms with Gasteiger partial charge in [0.05, 0.1) is 0 Å². The predicted molar refractivity (Wildman–Crippen MR) is 83.6 cm³/mol. The number of carbonyl (C=O) groups excluding carboxylic acids is 2. The van der Waals surface area contributed by atoms with Crippen molar-refractivity contribution in [3.8, 4) is 0 Å². The monoisotopic (exact) mass is 280 g/mol. The first-order valence-corrected chi connectivity index (χ1v) is 8.05. The molecule has 1 rings (SSSR count). The fourth-order valence-electron chi connectivity index (χ4n) is 3.05. The quantitative estimate of drug-likeness (QED) is 0.724. The molecule has 0 radical (unpaired) electrons. The Morgan fingerprint density at radius 2 is 1.60 bits per heavy atom. The van der Waals surface area contributed by atoms with E-state index in [9.17, 15) is 9.59 Å². The molecule has 0 amide bonds. The summed E-state index contributed by atoms with van der Waals surface area (Å²) in [5, 5.41) is 0. The molecule has 2 nitrogen and oxygen atoms in total. The predicted octanol–water partition coefficient (Wildman–Crippen LogP) is 4.80. The van der Waals surface area contributed by atoms with Crippen LogP contribution in [0.5, 0.6) is 0 Å². The van der Waals surface area contributed by atoms with Crippen molar-refractivity contribution in [2.75, 3.05) is 0 Å². The van der Waals surface area contributed by atoms with Crippen molar-refractivity contribution in [1.29, 1.82) is 0 Å². The molecule has 0 saturated heterocycles. The Labute approximate surface area is 124 Å². The highest BCUT2D eigenvalue weighted by molar-refractivity contribution is 5.86. The van der Waals surface area contributed by atoms with Crippen LogP contribution in [0.2, 0.25) is 0 Å². The molecule has 0 aliphatic heterocycles. The van der Waals surface area contributed by atoms with Gasteiger partial charge in [-0.15, -0.1) is 0 Å². The maximum absolute atomic E-state index is 12.3. The van der Waals surface area contributed by atoms with Crippen molar-refractivity contribution in [2.45, 2.75) is 80.1 Å².